The number of para-hydroxylation sites is 1. The zero-order valence-corrected chi connectivity index (χ0v) is 15.5. The summed E-state index contributed by atoms with van der Waals surface area (Å²) in [5, 5.41) is 0. The molecule has 2 aliphatic rings. The standard InChI is InChI=1S/C18H26N2O4S/c1-25(22,23)19(14-16-8-5-13-24-16)12-10-18(21)20-11-4-7-15-6-2-3-9-17(15)20/h2-3,6,9,16H,4-5,7-8,10-14H2,1H3. The van der Waals surface area contributed by atoms with Crippen molar-refractivity contribution < 1.29 is 17.9 Å². The molecule has 1 saturated heterocycles. The maximum atomic E-state index is 12.7. The van der Waals surface area contributed by atoms with Gasteiger partial charge < -0.3 is 9.64 Å². The summed E-state index contributed by atoms with van der Waals surface area (Å²) in [6.07, 6.45) is 5.09. The molecule has 0 saturated carbocycles. The number of fused-ring (bicyclic) bond motifs is 1. The molecular formula is C18H26N2O4S. The number of hydrogen-bond donors (Lipinski definition) is 0. The van der Waals surface area contributed by atoms with Gasteiger partial charge in [0.1, 0.15) is 0 Å². The molecule has 6 nitrogen and oxygen atoms in total. The number of benzene rings is 1. The Bertz CT molecular complexity index is 714. The van der Waals surface area contributed by atoms with Crippen LogP contribution in [0.25, 0.3) is 0 Å². The van der Waals surface area contributed by atoms with Crippen molar-refractivity contribution in [2.45, 2.75) is 38.2 Å². The van der Waals surface area contributed by atoms with Crippen molar-refractivity contribution in [2.75, 3.05) is 37.4 Å². The van der Waals surface area contributed by atoms with Crippen LogP contribution in [0.4, 0.5) is 5.69 Å². The fraction of sp³-hybridized carbons (Fsp3) is 0.611. The van der Waals surface area contributed by atoms with E-state index in [4.69, 9.17) is 4.74 Å². The van der Waals surface area contributed by atoms with Gasteiger partial charge in [0, 0.05) is 38.3 Å². The zero-order chi connectivity index (χ0) is 17.9. The smallest absolute Gasteiger partial charge is 0.228 e. The number of rotatable bonds is 6. The van der Waals surface area contributed by atoms with Crippen molar-refractivity contribution in [2.24, 2.45) is 0 Å². The SMILES string of the molecule is CS(=O)(=O)N(CCC(=O)N1CCCc2ccccc21)CC1CCCO1. The summed E-state index contributed by atoms with van der Waals surface area (Å²) in [6.45, 7) is 1.92. The number of aryl methyl sites for hydroxylation is 1. The molecule has 2 aliphatic heterocycles. The quantitative estimate of drug-likeness (QED) is 0.770. The first-order valence-electron chi connectivity index (χ1n) is 8.90. The summed E-state index contributed by atoms with van der Waals surface area (Å²) < 4.78 is 31.0. The largest absolute Gasteiger partial charge is 0.377 e. The normalized spacial score (nSPS) is 20.7. The molecule has 0 spiro atoms. The molecule has 0 aromatic heterocycles. The predicted molar refractivity (Wildman–Crippen MR) is 97.1 cm³/mol. The molecule has 1 unspecified atom stereocenters. The van der Waals surface area contributed by atoms with E-state index in [1.54, 1.807) is 4.90 Å². The van der Waals surface area contributed by atoms with Gasteiger partial charge in [-0.15, -0.1) is 0 Å². The number of hydrogen-bond acceptors (Lipinski definition) is 4. The van der Waals surface area contributed by atoms with Crippen LogP contribution in [0.3, 0.4) is 0 Å². The minimum atomic E-state index is -3.36. The predicted octanol–water partition coefficient (Wildman–Crippen LogP) is 1.80. The Balaban J connectivity index is 1.64. The third-order valence-electron chi connectivity index (χ3n) is 4.89. The second-order valence-corrected chi connectivity index (χ2v) is 8.77. The number of carbonyl (C=O) groups is 1. The molecule has 1 atom stereocenters. The summed E-state index contributed by atoms with van der Waals surface area (Å²) in [4.78, 5) is 14.5. The maximum absolute atomic E-state index is 12.7. The summed E-state index contributed by atoms with van der Waals surface area (Å²) >= 11 is 0. The summed E-state index contributed by atoms with van der Waals surface area (Å²) in [5.74, 6) is -0.0202. The fourth-order valence-corrected chi connectivity index (χ4v) is 4.42. The average Bonchev–Trinajstić information content (AvgIpc) is 3.10. The number of anilines is 1. The van der Waals surface area contributed by atoms with Crippen LogP contribution in [0.2, 0.25) is 0 Å². The van der Waals surface area contributed by atoms with Gasteiger partial charge in [0.05, 0.1) is 12.4 Å². The molecule has 0 aliphatic carbocycles. The topological polar surface area (TPSA) is 66.9 Å². The van der Waals surface area contributed by atoms with Crippen LogP contribution >= 0.6 is 0 Å². The van der Waals surface area contributed by atoms with E-state index >= 15 is 0 Å². The van der Waals surface area contributed by atoms with Crippen molar-refractivity contribution >= 4 is 21.6 Å². The van der Waals surface area contributed by atoms with E-state index in [-0.39, 0.29) is 25.0 Å². The molecule has 0 bridgehead atoms. The fourth-order valence-electron chi connectivity index (χ4n) is 3.56. The zero-order valence-electron chi connectivity index (χ0n) is 14.7. The second kappa shape index (κ2) is 7.85. The van der Waals surface area contributed by atoms with Gasteiger partial charge in [-0.3, -0.25) is 4.79 Å². The Hall–Kier alpha value is -1.44. The van der Waals surface area contributed by atoms with E-state index in [1.807, 2.05) is 18.2 Å². The number of amides is 1. The molecule has 1 aromatic rings. The van der Waals surface area contributed by atoms with Gasteiger partial charge in [-0.2, -0.15) is 4.31 Å². The summed E-state index contributed by atoms with van der Waals surface area (Å²) in [7, 11) is -3.36. The van der Waals surface area contributed by atoms with Crippen LogP contribution < -0.4 is 4.90 Å². The molecule has 1 aromatic carbocycles. The minimum absolute atomic E-state index is 0.0202. The van der Waals surface area contributed by atoms with Gasteiger partial charge in [-0.25, -0.2) is 8.42 Å². The molecule has 25 heavy (non-hydrogen) atoms. The minimum Gasteiger partial charge on any atom is -0.377 e. The Morgan fingerprint density at radius 2 is 2.12 bits per heavy atom. The first kappa shape index (κ1) is 18.4. The second-order valence-electron chi connectivity index (χ2n) is 6.78. The Kier molecular flexibility index (Phi) is 5.76. The number of nitrogens with zero attached hydrogens (tertiary/aromatic N) is 2. The number of ether oxygens (including phenoxy) is 1. The first-order valence-corrected chi connectivity index (χ1v) is 10.7. The van der Waals surface area contributed by atoms with Gasteiger partial charge >= 0.3 is 0 Å². The number of sulfonamides is 1. The van der Waals surface area contributed by atoms with Crippen LogP contribution in [0.1, 0.15) is 31.2 Å². The van der Waals surface area contributed by atoms with Crippen LogP contribution in [-0.2, 0) is 26.0 Å². The van der Waals surface area contributed by atoms with Crippen molar-refractivity contribution in [3.8, 4) is 0 Å². The first-order chi connectivity index (χ1) is 11.9. The molecular weight excluding hydrogens is 340 g/mol. The van der Waals surface area contributed by atoms with Crippen molar-refractivity contribution in [3.05, 3.63) is 29.8 Å². The highest BCUT2D eigenvalue weighted by Crippen LogP contribution is 2.27. The van der Waals surface area contributed by atoms with Gasteiger partial charge in [-0.1, -0.05) is 18.2 Å². The van der Waals surface area contributed by atoms with E-state index in [0.29, 0.717) is 19.7 Å². The lowest BCUT2D eigenvalue weighted by molar-refractivity contribution is -0.118. The lowest BCUT2D eigenvalue weighted by atomic mass is 10.0. The van der Waals surface area contributed by atoms with Gasteiger partial charge in [0.25, 0.3) is 0 Å². The Morgan fingerprint density at radius 3 is 2.84 bits per heavy atom. The highest BCUT2D eigenvalue weighted by atomic mass is 32.2. The van der Waals surface area contributed by atoms with Crippen LogP contribution in [-0.4, -0.2) is 57.2 Å². The molecule has 1 amide bonds. The third-order valence-corrected chi connectivity index (χ3v) is 6.16. The van der Waals surface area contributed by atoms with Crippen molar-refractivity contribution in [3.63, 3.8) is 0 Å². The van der Waals surface area contributed by atoms with Crippen LogP contribution in [0.5, 0.6) is 0 Å². The molecule has 3 rings (SSSR count). The molecule has 7 heteroatoms. The maximum Gasteiger partial charge on any atom is 0.228 e. The summed E-state index contributed by atoms with van der Waals surface area (Å²) in [5.41, 5.74) is 2.14. The highest BCUT2D eigenvalue weighted by molar-refractivity contribution is 7.88. The monoisotopic (exact) mass is 366 g/mol. The average molecular weight is 366 g/mol. The lowest BCUT2D eigenvalue weighted by Gasteiger charge is -2.30. The Morgan fingerprint density at radius 1 is 1.32 bits per heavy atom. The highest BCUT2D eigenvalue weighted by Gasteiger charge is 2.27. The third kappa shape index (κ3) is 4.59. The van der Waals surface area contributed by atoms with E-state index in [1.165, 1.54) is 16.1 Å². The van der Waals surface area contributed by atoms with E-state index < -0.39 is 10.0 Å². The molecule has 0 radical (unpaired) electrons. The van der Waals surface area contributed by atoms with Gasteiger partial charge in [-0.05, 0) is 37.3 Å². The van der Waals surface area contributed by atoms with Crippen molar-refractivity contribution in [1.82, 2.24) is 4.31 Å². The van der Waals surface area contributed by atoms with Gasteiger partial charge in [0.15, 0.2) is 0 Å². The molecule has 0 N–H and O–H groups in total. The van der Waals surface area contributed by atoms with Crippen molar-refractivity contribution in [1.29, 1.82) is 0 Å². The van der Waals surface area contributed by atoms with Gasteiger partial charge in [0.2, 0.25) is 15.9 Å². The van der Waals surface area contributed by atoms with E-state index in [0.717, 1.165) is 31.4 Å². The van der Waals surface area contributed by atoms with E-state index in [9.17, 15) is 13.2 Å². The Labute approximate surface area is 149 Å². The molecule has 1 fully saturated rings. The van der Waals surface area contributed by atoms with Crippen LogP contribution in [0, 0.1) is 0 Å². The molecule has 2 heterocycles. The molecule has 138 valence electrons. The van der Waals surface area contributed by atoms with E-state index in [2.05, 4.69) is 6.07 Å². The number of carbonyl (C=O) groups excluding carboxylic acids is 1. The van der Waals surface area contributed by atoms with Crippen LogP contribution in [0.15, 0.2) is 24.3 Å². The summed E-state index contributed by atoms with van der Waals surface area (Å²) in [6, 6.07) is 7.94. The lowest BCUT2D eigenvalue weighted by Crippen LogP contribution is -2.41.